The van der Waals surface area contributed by atoms with Gasteiger partial charge in [0.05, 0.1) is 0 Å². The molecule has 1 amide bonds. The Kier molecular flexibility index (Phi) is 5.89. The summed E-state index contributed by atoms with van der Waals surface area (Å²) in [5, 5.41) is 12.6. The Labute approximate surface area is 173 Å². The van der Waals surface area contributed by atoms with Gasteiger partial charge in [-0.1, -0.05) is 11.6 Å². The van der Waals surface area contributed by atoms with Crippen molar-refractivity contribution in [3.05, 3.63) is 88.9 Å². The molecule has 0 atom stereocenters. The molecule has 6 heteroatoms. The molecule has 0 saturated carbocycles. The Bertz CT molecular complexity index is 1010. The first-order valence-electron chi connectivity index (χ1n) is 8.94. The molecule has 0 aliphatic carbocycles. The Hall–Kier alpha value is -3.31. The summed E-state index contributed by atoms with van der Waals surface area (Å²) in [6.45, 7) is 3.30. The smallest absolute Gasteiger partial charge is 0.267 e. The van der Waals surface area contributed by atoms with E-state index in [1.807, 2.05) is 0 Å². The zero-order valence-electron chi connectivity index (χ0n) is 16.0. The first kappa shape index (κ1) is 20.4. The number of anilines is 1. The Balaban J connectivity index is 1.67. The summed E-state index contributed by atoms with van der Waals surface area (Å²) in [5.74, 6) is 0.109. The number of carbonyl (C=O) groups excluding carboxylic acids is 2. The maximum atomic E-state index is 12.5. The number of nitrogens with one attached hydrogen (secondary N) is 1. The largest absolute Gasteiger partial charge is 0.508 e. The lowest BCUT2D eigenvalue weighted by Crippen LogP contribution is -2.42. The standard InChI is InChI=1S/C23H20ClNO4/c1-23(2,22(28)25-18-9-11-19(26)12-10-18)29-20-13-5-16(6-14-20)21(27)15-3-7-17(24)8-4-15/h3-14,26H,1-2H3,(H,25,28). The zero-order chi connectivity index (χ0) is 21.0. The molecule has 148 valence electrons. The van der Waals surface area contributed by atoms with Gasteiger partial charge in [0.25, 0.3) is 5.91 Å². The predicted molar refractivity (Wildman–Crippen MR) is 113 cm³/mol. The van der Waals surface area contributed by atoms with Crippen molar-refractivity contribution in [1.29, 1.82) is 0 Å². The van der Waals surface area contributed by atoms with Crippen molar-refractivity contribution < 1.29 is 19.4 Å². The number of hydrogen-bond acceptors (Lipinski definition) is 4. The molecule has 0 fully saturated rings. The molecule has 3 rings (SSSR count). The van der Waals surface area contributed by atoms with Crippen LogP contribution in [0.5, 0.6) is 11.5 Å². The van der Waals surface area contributed by atoms with Gasteiger partial charge in [0.15, 0.2) is 11.4 Å². The number of phenolic OH excluding ortho intramolecular Hbond substituents is 1. The third kappa shape index (κ3) is 5.15. The number of amides is 1. The van der Waals surface area contributed by atoms with Crippen LogP contribution in [0, 0.1) is 0 Å². The average molecular weight is 410 g/mol. The fourth-order valence-corrected chi connectivity index (χ4v) is 2.74. The molecule has 0 unspecified atom stereocenters. The van der Waals surface area contributed by atoms with Gasteiger partial charge in [-0.05, 0) is 86.6 Å². The first-order valence-corrected chi connectivity index (χ1v) is 9.32. The Morgan fingerprint density at radius 3 is 1.93 bits per heavy atom. The van der Waals surface area contributed by atoms with Gasteiger partial charge in [-0.15, -0.1) is 0 Å². The molecular weight excluding hydrogens is 390 g/mol. The van der Waals surface area contributed by atoms with Crippen molar-refractivity contribution in [3.63, 3.8) is 0 Å². The van der Waals surface area contributed by atoms with Gasteiger partial charge in [-0.3, -0.25) is 9.59 Å². The molecule has 2 N–H and O–H groups in total. The minimum Gasteiger partial charge on any atom is -0.508 e. The van der Waals surface area contributed by atoms with E-state index in [0.29, 0.717) is 27.6 Å². The molecule has 0 aromatic heterocycles. The summed E-state index contributed by atoms with van der Waals surface area (Å²) >= 11 is 5.86. The van der Waals surface area contributed by atoms with Crippen molar-refractivity contribution in [2.75, 3.05) is 5.32 Å². The highest BCUT2D eigenvalue weighted by atomic mass is 35.5. The average Bonchev–Trinajstić information content (AvgIpc) is 2.70. The van der Waals surface area contributed by atoms with E-state index in [1.165, 1.54) is 12.1 Å². The summed E-state index contributed by atoms with van der Waals surface area (Å²) in [7, 11) is 0. The molecule has 0 spiro atoms. The van der Waals surface area contributed by atoms with Crippen LogP contribution in [0.2, 0.25) is 5.02 Å². The molecule has 5 nitrogen and oxygen atoms in total. The van der Waals surface area contributed by atoms with Crippen molar-refractivity contribution in [3.8, 4) is 11.5 Å². The SMILES string of the molecule is CC(C)(Oc1ccc(C(=O)c2ccc(Cl)cc2)cc1)C(=O)Nc1ccc(O)cc1. The molecule has 0 heterocycles. The number of hydrogen-bond donors (Lipinski definition) is 2. The van der Waals surface area contributed by atoms with E-state index in [1.54, 1.807) is 74.5 Å². The number of phenols is 1. The number of aromatic hydroxyl groups is 1. The third-order valence-corrected chi connectivity index (χ3v) is 4.52. The summed E-state index contributed by atoms with van der Waals surface area (Å²) in [4.78, 5) is 25.1. The highest BCUT2D eigenvalue weighted by Gasteiger charge is 2.30. The lowest BCUT2D eigenvalue weighted by atomic mass is 10.0. The van der Waals surface area contributed by atoms with E-state index < -0.39 is 5.60 Å². The number of carbonyl (C=O) groups is 2. The maximum Gasteiger partial charge on any atom is 0.267 e. The van der Waals surface area contributed by atoms with E-state index in [9.17, 15) is 14.7 Å². The quantitative estimate of drug-likeness (QED) is 0.440. The van der Waals surface area contributed by atoms with Gasteiger partial charge >= 0.3 is 0 Å². The molecule has 0 aliphatic rings. The van der Waals surface area contributed by atoms with Crippen LogP contribution in [0.3, 0.4) is 0 Å². The zero-order valence-corrected chi connectivity index (χ0v) is 16.7. The van der Waals surface area contributed by atoms with E-state index in [4.69, 9.17) is 16.3 Å². The minimum absolute atomic E-state index is 0.117. The van der Waals surface area contributed by atoms with Gasteiger partial charge in [0.2, 0.25) is 0 Å². The third-order valence-electron chi connectivity index (χ3n) is 4.27. The van der Waals surface area contributed by atoms with Crippen LogP contribution in [-0.4, -0.2) is 22.4 Å². The van der Waals surface area contributed by atoms with Crippen molar-refractivity contribution in [2.45, 2.75) is 19.4 Å². The van der Waals surface area contributed by atoms with E-state index in [2.05, 4.69) is 5.32 Å². The molecule has 3 aromatic rings. The highest BCUT2D eigenvalue weighted by molar-refractivity contribution is 6.30. The van der Waals surface area contributed by atoms with Gasteiger partial charge < -0.3 is 15.2 Å². The van der Waals surface area contributed by atoms with Crippen molar-refractivity contribution in [2.24, 2.45) is 0 Å². The molecule has 3 aromatic carbocycles. The number of halogens is 1. The Morgan fingerprint density at radius 1 is 0.862 bits per heavy atom. The summed E-state index contributed by atoms with van der Waals surface area (Å²) < 4.78 is 5.83. The van der Waals surface area contributed by atoms with Crippen LogP contribution in [0.25, 0.3) is 0 Å². The van der Waals surface area contributed by atoms with Crippen LogP contribution in [0.15, 0.2) is 72.8 Å². The number of ketones is 1. The fraction of sp³-hybridized carbons (Fsp3) is 0.130. The lowest BCUT2D eigenvalue weighted by Gasteiger charge is -2.25. The molecule has 0 radical (unpaired) electrons. The van der Waals surface area contributed by atoms with Crippen LogP contribution < -0.4 is 10.1 Å². The monoisotopic (exact) mass is 409 g/mol. The summed E-state index contributed by atoms with van der Waals surface area (Å²) in [6.07, 6.45) is 0. The van der Waals surface area contributed by atoms with Crippen molar-refractivity contribution in [1.82, 2.24) is 0 Å². The molecule has 29 heavy (non-hydrogen) atoms. The number of benzene rings is 3. The lowest BCUT2D eigenvalue weighted by molar-refractivity contribution is -0.128. The van der Waals surface area contributed by atoms with Crippen molar-refractivity contribution >= 4 is 29.0 Å². The van der Waals surface area contributed by atoms with E-state index in [0.717, 1.165) is 0 Å². The van der Waals surface area contributed by atoms with Crippen LogP contribution in [-0.2, 0) is 4.79 Å². The van der Waals surface area contributed by atoms with Crippen LogP contribution >= 0.6 is 11.6 Å². The highest BCUT2D eigenvalue weighted by Crippen LogP contribution is 2.23. The molecule has 0 saturated heterocycles. The maximum absolute atomic E-state index is 12.5. The Morgan fingerprint density at radius 2 is 1.38 bits per heavy atom. The summed E-state index contributed by atoms with van der Waals surface area (Å²) in [6, 6.07) is 19.5. The number of ether oxygens (including phenoxy) is 1. The minimum atomic E-state index is -1.15. The molecule has 0 aliphatic heterocycles. The molecular formula is C23H20ClNO4. The number of rotatable bonds is 6. The second kappa shape index (κ2) is 8.37. The van der Waals surface area contributed by atoms with Crippen LogP contribution in [0.1, 0.15) is 29.8 Å². The summed E-state index contributed by atoms with van der Waals surface area (Å²) in [5.41, 5.74) is 0.440. The second-order valence-electron chi connectivity index (χ2n) is 6.97. The second-order valence-corrected chi connectivity index (χ2v) is 7.41. The van der Waals surface area contributed by atoms with Gasteiger partial charge in [0.1, 0.15) is 11.5 Å². The van der Waals surface area contributed by atoms with Gasteiger partial charge in [-0.25, -0.2) is 0 Å². The predicted octanol–water partition coefficient (Wildman–Crippen LogP) is 5.07. The topological polar surface area (TPSA) is 75.6 Å². The van der Waals surface area contributed by atoms with Gasteiger partial charge in [0, 0.05) is 21.8 Å². The van der Waals surface area contributed by atoms with Gasteiger partial charge in [-0.2, -0.15) is 0 Å². The van der Waals surface area contributed by atoms with Crippen LogP contribution in [0.4, 0.5) is 5.69 Å². The van der Waals surface area contributed by atoms with E-state index in [-0.39, 0.29) is 17.4 Å². The van der Waals surface area contributed by atoms with E-state index >= 15 is 0 Å². The fourth-order valence-electron chi connectivity index (χ4n) is 2.61. The normalized spacial score (nSPS) is 11.0. The molecule has 0 bridgehead atoms. The first-order chi connectivity index (χ1) is 13.7.